The van der Waals surface area contributed by atoms with Gasteiger partial charge in [0.25, 0.3) is 0 Å². The average Bonchev–Trinajstić information content (AvgIpc) is 2.79. The molecular formula is C13H16ClN3O. The lowest BCUT2D eigenvalue weighted by Gasteiger charge is -2.22. The van der Waals surface area contributed by atoms with E-state index in [-0.39, 0.29) is 0 Å². The highest BCUT2D eigenvalue weighted by molar-refractivity contribution is 6.31. The van der Waals surface area contributed by atoms with Crippen LogP contribution in [0.5, 0.6) is 0 Å². The van der Waals surface area contributed by atoms with Crippen molar-refractivity contribution in [2.75, 3.05) is 13.1 Å². The van der Waals surface area contributed by atoms with Gasteiger partial charge in [0, 0.05) is 5.02 Å². The number of benzene rings is 1. The van der Waals surface area contributed by atoms with Crippen LogP contribution in [0.25, 0.3) is 11.0 Å². The summed E-state index contributed by atoms with van der Waals surface area (Å²) in [5.74, 6) is 0.866. The van der Waals surface area contributed by atoms with E-state index in [2.05, 4.69) is 15.3 Å². The summed E-state index contributed by atoms with van der Waals surface area (Å²) in [5.41, 5.74) is 1.90. The number of nitrogens with one attached hydrogen (secondary N) is 2. The predicted molar refractivity (Wildman–Crippen MR) is 71.8 cm³/mol. The summed E-state index contributed by atoms with van der Waals surface area (Å²) in [6.07, 6.45) is 2.50. The maximum absolute atomic E-state index is 5.94. The Kier molecular flexibility index (Phi) is 3.50. The molecule has 96 valence electrons. The lowest BCUT2D eigenvalue weighted by molar-refractivity contribution is 0.0182. The topological polar surface area (TPSA) is 49.9 Å². The number of piperidine rings is 1. The number of fused-ring (bicyclic) bond motifs is 1. The van der Waals surface area contributed by atoms with Gasteiger partial charge >= 0.3 is 0 Å². The first-order valence-corrected chi connectivity index (χ1v) is 6.65. The maximum Gasteiger partial charge on any atom is 0.133 e. The summed E-state index contributed by atoms with van der Waals surface area (Å²) >= 11 is 5.94. The molecule has 0 bridgehead atoms. The fraction of sp³-hybridized carbons (Fsp3) is 0.462. The van der Waals surface area contributed by atoms with Gasteiger partial charge in [0.05, 0.1) is 17.1 Å². The molecule has 0 spiro atoms. The van der Waals surface area contributed by atoms with Crippen LogP contribution in [0.3, 0.4) is 0 Å². The third kappa shape index (κ3) is 2.66. The number of H-pyrrole nitrogens is 1. The molecule has 18 heavy (non-hydrogen) atoms. The lowest BCUT2D eigenvalue weighted by atomic mass is 10.1. The van der Waals surface area contributed by atoms with Crippen LogP contribution in [-0.2, 0) is 11.3 Å². The van der Waals surface area contributed by atoms with Gasteiger partial charge in [-0.05, 0) is 44.1 Å². The summed E-state index contributed by atoms with van der Waals surface area (Å²) in [6.45, 7) is 2.62. The van der Waals surface area contributed by atoms with Crippen molar-refractivity contribution < 1.29 is 4.74 Å². The van der Waals surface area contributed by atoms with E-state index >= 15 is 0 Å². The van der Waals surface area contributed by atoms with Gasteiger partial charge in [0.15, 0.2) is 0 Å². The standard InChI is InChI=1S/C13H16ClN3O/c14-9-1-2-11-12(7-9)17-13(16-11)8-18-10-3-5-15-6-4-10/h1-2,7,10,15H,3-6,8H2,(H,16,17). The maximum atomic E-state index is 5.94. The number of aromatic nitrogens is 2. The van der Waals surface area contributed by atoms with Gasteiger partial charge in [-0.1, -0.05) is 11.6 Å². The van der Waals surface area contributed by atoms with Gasteiger partial charge in [0.2, 0.25) is 0 Å². The molecule has 2 N–H and O–H groups in total. The minimum atomic E-state index is 0.350. The number of rotatable bonds is 3. The molecule has 5 heteroatoms. The van der Waals surface area contributed by atoms with Crippen molar-refractivity contribution in [2.45, 2.75) is 25.6 Å². The van der Waals surface area contributed by atoms with E-state index < -0.39 is 0 Å². The highest BCUT2D eigenvalue weighted by Gasteiger charge is 2.14. The second kappa shape index (κ2) is 5.26. The zero-order valence-electron chi connectivity index (χ0n) is 10.1. The second-order valence-electron chi connectivity index (χ2n) is 4.61. The number of hydrogen-bond donors (Lipinski definition) is 2. The van der Waals surface area contributed by atoms with Crippen molar-refractivity contribution in [1.82, 2.24) is 15.3 Å². The highest BCUT2D eigenvalue weighted by Crippen LogP contribution is 2.18. The number of nitrogens with zero attached hydrogens (tertiary/aromatic N) is 1. The molecule has 3 rings (SSSR count). The van der Waals surface area contributed by atoms with Crippen molar-refractivity contribution in [3.05, 3.63) is 29.0 Å². The van der Waals surface area contributed by atoms with E-state index in [9.17, 15) is 0 Å². The van der Waals surface area contributed by atoms with Gasteiger partial charge in [0.1, 0.15) is 12.4 Å². The van der Waals surface area contributed by atoms with Crippen LogP contribution in [0.2, 0.25) is 5.02 Å². The summed E-state index contributed by atoms with van der Waals surface area (Å²) in [6, 6.07) is 5.66. The second-order valence-corrected chi connectivity index (χ2v) is 5.04. The Balaban J connectivity index is 1.67. The summed E-state index contributed by atoms with van der Waals surface area (Å²) in [7, 11) is 0. The Morgan fingerprint density at radius 3 is 3.00 bits per heavy atom. The molecule has 2 heterocycles. The SMILES string of the molecule is Clc1ccc2nc(COC3CCNCC3)[nH]c2c1. The molecule has 0 unspecified atom stereocenters. The highest BCUT2D eigenvalue weighted by atomic mass is 35.5. The minimum absolute atomic E-state index is 0.350. The fourth-order valence-electron chi connectivity index (χ4n) is 2.26. The molecule has 4 nitrogen and oxygen atoms in total. The Hall–Kier alpha value is -1.10. The molecule has 0 radical (unpaired) electrons. The van der Waals surface area contributed by atoms with Crippen LogP contribution in [0.4, 0.5) is 0 Å². The van der Waals surface area contributed by atoms with Gasteiger partial charge in [-0.3, -0.25) is 0 Å². The summed E-state index contributed by atoms with van der Waals surface area (Å²) in [5, 5.41) is 4.04. The molecular weight excluding hydrogens is 250 g/mol. The van der Waals surface area contributed by atoms with E-state index in [4.69, 9.17) is 16.3 Å². The molecule has 2 aromatic rings. The first kappa shape index (κ1) is 12.0. The van der Waals surface area contributed by atoms with Gasteiger partial charge in [-0.25, -0.2) is 4.98 Å². The van der Waals surface area contributed by atoms with Gasteiger partial charge in [-0.2, -0.15) is 0 Å². The van der Waals surface area contributed by atoms with Crippen molar-refractivity contribution in [2.24, 2.45) is 0 Å². The fourth-order valence-corrected chi connectivity index (χ4v) is 2.43. The van der Waals surface area contributed by atoms with Crippen LogP contribution in [0, 0.1) is 0 Å². The third-order valence-corrected chi connectivity index (χ3v) is 3.47. The van der Waals surface area contributed by atoms with Gasteiger partial charge < -0.3 is 15.0 Å². The van der Waals surface area contributed by atoms with Crippen LogP contribution in [0.15, 0.2) is 18.2 Å². The molecule has 0 amide bonds. The Bertz CT molecular complexity index is 534. The number of aromatic amines is 1. The largest absolute Gasteiger partial charge is 0.370 e. The van der Waals surface area contributed by atoms with Crippen LogP contribution < -0.4 is 5.32 Å². The monoisotopic (exact) mass is 265 g/mol. The zero-order valence-corrected chi connectivity index (χ0v) is 10.8. The molecule has 1 saturated heterocycles. The Morgan fingerprint density at radius 2 is 2.17 bits per heavy atom. The molecule has 0 atom stereocenters. The first-order chi connectivity index (χ1) is 8.81. The number of halogens is 1. The first-order valence-electron chi connectivity index (χ1n) is 6.28. The summed E-state index contributed by atoms with van der Waals surface area (Å²) < 4.78 is 5.86. The number of ether oxygens (including phenoxy) is 1. The molecule has 1 aliphatic rings. The smallest absolute Gasteiger partial charge is 0.133 e. The quantitative estimate of drug-likeness (QED) is 0.896. The van der Waals surface area contributed by atoms with Crippen LogP contribution in [0.1, 0.15) is 18.7 Å². The van der Waals surface area contributed by atoms with Crippen molar-refractivity contribution >= 4 is 22.6 Å². The normalized spacial score (nSPS) is 17.4. The molecule has 1 fully saturated rings. The van der Waals surface area contributed by atoms with E-state index in [0.717, 1.165) is 47.8 Å². The Morgan fingerprint density at radius 1 is 1.33 bits per heavy atom. The third-order valence-electron chi connectivity index (χ3n) is 3.23. The van der Waals surface area contributed by atoms with Crippen LogP contribution in [-0.4, -0.2) is 29.2 Å². The lowest BCUT2D eigenvalue weighted by Crippen LogP contribution is -2.32. The van der Waals surface area contributed by atoms with Crippen molar-refractivity contribution in [3.63, 3.8) is 0 Å². The average molecular weight is 266 g/mol. The predicted octanol–water partition coefficient (Wildman–Crippen LogP) is 2.48. The molecule has 0 saturated carbocycles. The Labute approximate surface area is 111 Å². The number of imidazole rings is 1. The van der Waals surface area contributed by atoms with E-state index in [1.807, 2.05) is 18.2 Å². The van der Waals surface area contributed by atoms with Crippen molar-refractivity contribution in [3.8, 4) is 0 Å². The molecule has 1 aromatic carbocycles. The van der Waals surface area contributed by atoms with E-state index in [1.165, 1.54) is 0 Å². The van der Waals surface area contributed by atoms with Crippen LogP contribution >= 0.6 is 11.6 Å². The number of hydrogen-bond acceptors (Lipinski definition) is 3. The minimum Gasteiger partial charge on any atom is -0.370 e. The summed E-state index contributed by atoms with van der Waals surface area (Å²) in [4.78, 5) is 7.72. The van der Waals surface area contributed by atoms with Gasteiger partial charge in [-0.15, -0.1) is 0 Å². The molecule has 0 aliphatic carbocycles. The zero-order chi connectivity index (χ0) is 12.4. The molecule has 1 aromatic heterocycles. The van der Waals surface area contributed by atoms with E-state index in [1.54, 1.807) is 0 Å². The van der Waals surface area contributed by atoms with E-state index in [0.29, 0.717) is 12.7 Å². The molecule has 1 aliphatic heterocycles. The van der Waals surface area contributed by atoms with Crippen molar-refractivity contribution in [1.29, 1.82) is 0 Å².